The fraction of sp³-hybridized carbons (Fsp3) is 0.391. The van der Waals surface area contributed by atoms with Crippen LogP contribution in [0.3, 0.4) is 0 Å². The number of allylic oxidation sites excluding steroid dienone is 8. The molecule has 2 heterocycles. The maximum absolute atomic E-state index is 12.2. The zero-order chi connectivity index (χ0) is 42.2. The van der Waals surface area contributed by atoms with Crippen LogP contribution in [0.15, 0.2) is 107 Å². The zero-order valence-corrected chi connectivity index (χ0v) is 35.9. The third-order valence-corrected chi connectivity index (χ3v) is 13.5. The summed E-state index contributed by atoms with van der Waals surface area (Å²) in [6.45, 7) is 14.2. The maximum Gasteiger partial charge on any atom is 0.335 e. The molecule has 0 atom stereocenters. The SMILES string of the molecule is CCCC[N+]1=C(/C=C/C2=C(c3ccc(C(=O)O)cc3)C(=C/C=C3/N(CCCCS(=O)(=O)O)c4ccc(S(=O)(=O)O)cc4C3(C)C)/CCC2)C(C)(C)c2cc(C)ccc21. The number of rotatable bonds is 14. The molecule has 58 heavy (non-hydrogen) atoms. The fourth-order valence-electron chi connectivity index (χ4n) is 8.72. The second-order valence-corrected chi connectivity index (χ2v) is 19.7. The van der Waals surface area contributed by atoms with E-state index >= 15 is 0 Å². The van der Waals surface area contributed by atoms with E-state index in [9.17, 15) is 35.8 Å². The Bertz CT molecular complexity index is 2500. The summed E-state index contributed by atoms with van der Waals surface area (Å²) in [5.41, 5.74) is 10.7. The molecule has 0 saturated heterocycles. The first-order valence-corrected chi connectivity index (χ1v) is 23.1. The van der Waals surface area contributed by atoms with E-state index in [0.29, 0.717) is 18.5 Å². The number of anilines is 1. The third kappa shape index (κ3) is 8.85. The van der Waals surface area contributed by atoms with Gasteiger partial charge in [0.2, 0.25) is 5.69 Å². The van der Waals surface area contributed by atoms with E-state index in [2.05, 4.69) is 73.6 Å². The van der Waals surface area contributed by atoms with E-state index in [1.807, 2.05) is 32.1 Å². The predicted octanol–water partition coefficient (Wildman–Crippen LogP) is 9.59. The van der Waals surface area contributed by atoms with Gasteiger partial charge in [0.05, 0.1) is 21.6 Å². The summed E-state index contributed by atoms with van der Waals surface area (Å²) in [6.07, 6.45) is 13.9. The van der Waals surface area contributed by atoms with E-state index < -0.39 is 31.6 Å². The van der Waals surface area contributed by atoms with Gasteiger partial charge in [0.1, 0.15) is 6.54 Å². The van der Waals surface area contributed by atoms with Gasteiger partial charge in [0.15, 0.2) is 5.71 Å². The number of nitrogens with zero attached hydrogens (tertiary/aromatic N) is 2. The first-order valence-electron chi connectivity index (χ1n) is 20.0. The van der Waals surface area contributed by atoms with E-state index in [1.165, 1.54) is 34.7 Å². The lowest BCUT2D eigenvalue weighted by Crippen LogP contribution is -2.28. The summed E-state index contributed by atoms with van der Waals surface area (Å²) in [4.78, 5) is 13.7. The zero-order valence-electron chi connectivity index (χ0n) is 34.2. The molecule has 0 fully saturated rings. The Labute approximate surface area is 343 Å². The minimum absolute atomic E-state index is 0.201. The highest BCUT2D eigenvalue weighted by atomic mass is 32.2. The number of carboxylic acid groups (broad SMARTS) is 1. The molecular weight excluding hydrogens is 773 g/mol. The number of fused-ring (bicyclic) bond motifs is 2. The standard InChI is InChI=1S/C46H54N2O8S2/c1-7-8-26-47-39-22-14-31(2)29-37(39)45(3,4)41(47)24-19-32-12-11-13-33(43(32)34-15-17-35(18-16-34)44(49)50)20-25-42-46(5,6)38-30-36(58(54,55)56)21-23-40(38)48(42)27-9-10-28-57(51,52)53/h14-25,29-30H,7-13,26-28H2,1-6H3,(H2-,49,50,51,52,53,54,55,56)/p+1. The van der Waals surface area contributed by atoms with Gasteiger partial charge in [-0.25, -0.2) is 4.79 Å². The number of carbonyl (C=O) groups is 1. The summed E-state index contributed by atoms with van der Waals surface area (Å²) in [5, 5.41) is 9.71. The number of carboxylic acids is 1. The molecular formula is C46H55N2O8S2+. The molecule has 12 heteroatoms. The van der Waals surface area contributed by atoms with Gasteiger partial charge in [-0.2, -0.15) is 21.4 Å². The smallest absolute Gasteiger partial charge is 0.335 e. The van der Waals surface area contributed by atoms with Crippen LogP contribution in [-0.4, -0.2) is 66.1 Å². The molecule has 3 aliphatic rings. The number of aryl methyl sites for hydroxylation is 1. The van der Waals surface area contributed by atoms with Crippen molar-refractivity contribution in [3.63, 3.8) is 0 Å². The van der Waals surface area contributed by atoms with Crippen LogP contribution in [0, 0.1) is 6.92 Å². The molecule has 6 rings (SSSR count). The van der Waals surface area contributed by atoms with Gasteiger partial charge >= 0.3 is 5.97 Å². The molecule has 3 aromatic rings. The summed E-state index contributed by atoms with van der Waals surface area (Å²) >= 11 is 0. The van der Waals surface area contributed by atoms with Crippen LogP contribution in [0.1, 0.15) is 112 Å². The number of unbranched alkanes of at least 4 members (excludes halogenated alkanes) is 2. The van der Waals surface area contributed by atoms with Crippen molar-refractivity contribution < 1.29 is 40.4 Å². The van der Waals surface area contributed by atoms with Gasteiger partial charge < -0.3 is 10.0 Å². The topological polar surface area (TPSA) is 152 Å². The molecule has 0 radical (unpaired) electrons. The van der Waals surface area contributed by atoms with Crippen molar-refractivity contribution in [1.82, 2.24) is 0 Å². The average molecular weight is 828 g/mol. The van der Waals surface area contributed by atoms with Crippen LogP contribution in [0.5, 0.6) is 0 Å². The Morgan fingerprint density at radius 3 is 2.22 bits per heavy atom. The molecule has 10 nitrogen and oxygen atoms in total. The Morgan fingerprint density at radius 2 is 1.57 bits per heavy atom. The van der Waals surface area contributed by atoms with Crippen LogP contribution in [0.4, 0.5) is 11.4 Å². The molecule has 0 amide bonds. The van der Waals surface area contributed by atoms with E-state index in [1.54, 1.807) is 18.2 Å². The monoisotopic (exact) mass is 827 g/mol. The van der Waals surface area contributed by atoms with E-state index in [-0.39, 0.29) is 28.0 Å². The summed E-state index contributed by atoms with van der Waals surface area (Å²) in [7, 11) is -8.61. The van der Waals surface area contributed by atoms with Crippen molar-refractivity contribution in [2.45, 2.75) is 102 Å². The number of hydrogen-bond acceptors (Lipinski definition) is 6. The lowest BCUT2D eigenvalue weighted by atomic mass is 9.79. The quantitative estimate of drug-likeness (QED) is 0.0820. The Morgan fingerprint density at radius 1 is 0.845 bits per heavy atom. The van der Waals surface area contributed by atoms with Crippen LogP contribution in [0.2, 0.25) is 0 Å². The molecule has 0 spiro atoms. The van der Waals surface area contributed by atoms with Crippen LogP contribution < -0.4 is 4.90 Å². The van der Waals surface area contributed by atoms with Crippen LogP contribution >= 0.6 is 0 Å². The second kappa shape index (κ2) is 16.6. The normalized spacial score (nSPS) is 19.1. The molecule has 1 aliphatic carbocycles. The second-order valence-electron chi connectivity index (χ2n) is 16.7. The lowest BCUT2D eigenvalue weighted by molar-refractivity contribution is -0.438. The van der Waals surface area contributed by atoms with Crippen molar-refractivity contribution >= 4 is 48.9 Å². The molecule has 308 valence electrons. The number of hydrogen-bond donors (Lipinski definition) is 3. The average Bonchev–Trinajstić information content (AvgIpc) is 3.50. The molecule has 0 aromatic heterocycles. The highest BCUT2D eigenvalue weighted by molar-refractivity contribution is 7.86. The van der Waals surface area contributed by atoms with Gasteiger partial charge in [-0.1, -0.05) is 63.1 Å². The van der Waals surface area contributed by atoms with Crippen LogP contribution in [-0.2, 0) is 31.1 Å². The van der Waals surface area contributed by atoms with Crippen molar-refractivity contribution in [3.8, 4) is 0 Å². The van der Waals surface area contributed by atoms with E-state index in [0.717, 1.165) is 72.3 Å². The largest absolute Gasteiger partial charge is 0.478 e. The van der Waals surface area contributed by atoms with Gasteiger partial charge in [-0.05, 0) is 123 Å². The molecule has 2 aliphatic heterocycles. The first kappa shape index (κ1) is 43.0. The Hall–Kier alpha value is -4.62. The minimum Gasteiger partial charge on any atom is -0.478 e. The molecule has 0 bridgehead atoms. The first-order chi connectivity index (χ1) is 27.2. The molecule has 3 aromatic carbocycles. The summed E-state index contributed by atoms with van der Waals surface area (Å²) in [6, 6.07) is 18.2. The fourth-order valence-corrected chi connectivity index (χ4v) is 9.80. The highest BCUT2D eigenvalue weighted by Gasteiger charge is 2.44. The predicted molar refractivity (Wildman–Crippen MR) is 231 cm³/mol. The Kier molecular flexibility index (Phi) is 12.3. The van der Waals surface area contributed by atoms with Gasteiger partial charge in [-0.15, -0.1) is 0 Å². The molecule has 3 N–H and O–H groups in total. The van der Waals surface area contributed by atoms with Crippen molar-refractivity contribution in [2.75, 3.05) is 23.7 Å². The highest BCUT2D eigenvalue weighted by Crippen LogP contribution is 2.49. The van der Waals surface area contributed by atoms with Crippen LogP contribution in [0.25, 0.3) is 5.57 Å². The molecule has 0 saturated carbocycles. The minimum atomic E-state index is -4.47. The summed E-state index contributed by atoms with van der Waals surface area (Å²) < 4.78 is 69.1. The lowest BCUT2D eigenvalue weighted by Gasteiger charge is -2.28. The maximum atomic E-state index is 12.2. The summed E-state index contributed by atoms with van der Waals surface area (Å²) in [5.74, 6) is -1.37. The molecule has 0 unspecified atom stereocenters. The van der Waals surface area contributed by atoms with Crippen molar-refractivity contribution in [2.24, 2.45) is 0 Å². The van der Waals surface area contributed by atoms with E-state index in [4.69, 9.17) is 0 Å². The van der Waals surface area contributed by atoms with Gasteiger partial charge in [0.25, 0.3) is 20.2 Å². The van der Waals surface area contributed by atoms with Gasteiger partial charge in [0, 0.05) is 47.5 Å². The number of aromatic carboxylic acids is 1. The third-order valence-electron chi connectivity index (χ3n) is 11.8. The van der Waals surface area contributed by atoms with Gasteiger partial charge in [-0.3, -0.25) is 9.11 Å². The van der Waals surface area contributed by atoms with Crippen molar-refractivity contribution in [1.29, 1.82) is 0 Å². The number of benzene rings is 3. The van der Waals surface area contributed by atoms with Crippen molar-refractivity contribution in [3.05, 3.63) is 130 Å². The Balaban J connectivity index is 1.48.